The molecule has 0 atom stereocenters. The van der Waals surface area contributed by atoms with Crippen molar-refractivity contribution in [2.24, 2.45) is 10.9 Å². The van der Waals surface area contributed by atoms with Crippen molar-refractivity contribution in [1.82, 2.24) is 15.6 Å². The smallest absolute Gasteiger partial charge is 0.213 e. The number of nitrogens with one attached hydrogen (secondary N) is 2. The number of rotatable bonds is 6. The van der Waals surface area contributed by atoms with Crippen molar-refractivity contribution in [3.05, 3.63) is 23.9 Å². The summed E-state index contributed by atoms with van der Waals surface area (Å²) in [6.07, 6.45) is 9.61. The van der Waals surface area contributed by atoms with Gasteiger partial charge in [0.25, 0.3) is 0 Å². The van der Waals surface area contributed by atoms with Crippen LogP contribution in [0.15, 0.2) is 23.3 Å². The molecule has 1 heterocycles. The minimum Gasteiger partial charge on any atom is -0.477 e. The number of guanidine groups is 1. The van der Waals surface area contributed by atoms with Crippen LogP contribution in [0.4, 0.5) is 0 Å². The van der Waals surface area contributed by atoms with Crippen LogP contribution in [-0.4, -0.2) is 30.6 Å². The molecule has 128 valence electrons. The van der Waals surface area contributed by atoms with Crippen LogP contribution in [0.3, 0.4) is 0 Å². The Morgan fingerprint density at radius 3 is 2.65 bits per heavy atom. The van der Waals surface area contributed by atoms with Crippen LogP contribution in [0.25, 0.3) is 0 Å². The normalized spacial score (nSPS) is 18.4. The quantitative estimate of drug-likeness (QED) is 0.414. The standard InChI is InChI=1S/C17H26N4O.HI/c1-18-17(21-15-4-2-3-5-15)20-11-14-8-9-16(19-10-14)22-12-13-6-7-13;/h8-10,13,15H,2-7,11-12H2,1H3,(H2,18,20,21);1H. The molecule has 1 aromatic rings. The summed E-state index contributed by atoms with van der Waals surface area (Å²) in [5.41, 5.74) is 1.13. The monoisotopic (exact) mass is 430 g/mol. The number of ether oxygens (including phenoxy) is 1. The summed E-state index contributed by atoms with van der Waals surface area (Å²) in [5, 5.41) is 6.83. The van der Waals surface area contributed by atoms with Crippen LogP contribution in [0.1, 0.15) is 44.1 Å². The highest BCUT2D eigenvalue weighted by molar-refractivity contribution is 14.0. The van der Waals surface area contributed by atoms with Gasteiger partial charge in [-0.05, 0) is 37.2 Å². The third kappa shape index (κ3) is 6.16. The van der Waals surface area contributed by atoms with Gasteiger partial charge in [-0.3, -0.25) is 4.99 Å². The van der Waals surface area contributed by atoms with E-state index in [1.165, 1.54) is 38.5 Å². The van der Waals surface area contributed by atoms with Crippen molar-refractivity contribution in [2.45, 2.75) is 51.1 Å². The fourth-order valence-electron chi connectivity index (χ4n) is 2.73. The molecule has 2 aliphatic rings. The van der Waals surface area contributed by atoms with Gasteiger partial charge in [0.05, 0.1) is 6.61 Å². The minimum atomic E-state index is 0. The average Bonchev–Trinajstić information content (AvgIpc) is 3.25. The fraction of sp³-hybridized carbons (Fsp3) is 0.647. The number of hydrogen-bond acceptors (Lipinski definition) is 3. The van der Waals surface area contributed by atoms with Gasteiger partial charge in [-0.15, -0.1) is 24.0 Å². The lowest BCUT2D eigenvalue weighted by atomic mass is 10.2. The summed E-state index contributed by atoms with van der Waals surface area (Å²) in [4.78, 5) is 8.65. The van der Waals surface area contributed by atoms with Gasteiger partial charge in [-0.25, -0.2) is 4.98 Å². The molecule has 0 spiro atoms. The van der Waals surface area contributed by atoms with Crippen molar-refractivity contribution in [3.8, 4) is 5.88 Å². The van der Waals surface area contributed by atoms with Gasteiger partial charge >= 0.3 is 0 Å². The highest BCUT2D eigenvalue weighted by atomic mass is 127. The van der Waals surface area contributed by atoms with Crippen molar-refractivity contribution in [3.63, 3.8) is 0 Å². The molecule has 23 heavy (non-hydrogen) atoms. The Hall–Kier alpha value is -1.05. The summed E-state index contributed by atoms with van der Waals surface area (Å²) >= 11 is 0. The number of aliphatic imine (C=N–C) groups is 1. The second kappa shape index (κ2) is 9.30. The Balaban J connectivity index is 0.00000192. The van der Waals surface area contributed by atoms with E-state index < -0.39 is 0 Å². The summed E-state index contributed by atoms with van der Waals surface area (Å²) in [6, 6.07) is 4.58. The van der Waals surface area contributed by atoms with E-state index in [2.05, 4.69) is 26.7 Å². The maximum atomic E-state index is 5.65. The topological polar surface area (TPSA) is 58.5 Å². The number of halogens is 1. The van der Waals surface area contributed by atoms with Crippen LogP contribution in [0.2, 0.25) is 0 Å². The first kappa shape index (κ1) is 18.3. The minimum absolute atomic E-state index is 0. The molecule has 0 saturated heterocycles. The molecule has 2 fully saturated rings. The van der Waals surface area contributed by atoms with E-state index in [4.69, 9.17) is 4.74 Å². The fourth-order valence-corrected chi connectivity index (χ4v) is 2.73. The molecule has 0 aromatic carbocycles. The lowest BCUT2D eigenvalue weighted by Gasteiger charge is -2.16. The zero-order valence-corrected chi connectivity index (χ0v) is 16.1. The molecular weight excluding hydrogens is 403 g/mol. The highest BCUT2D eigenvalue weighted by Crippen LogP contribution is 2.29. The Bertz CT molecular complexity index is 496. The second-order valence-electron chi connectivity index (χ2n) is 6.31. The lowest BCUT2D eigenvalue weighted by molar-refractivity contribution is 0.288. The molecular formula is C17H27IN4O. The van der Waals surface area contributed by atoms with Crippen LogP contribution in [0.5, 0.6) is 5.88 Å². The highest BCUT2D eigenvalue weighted by Gasteiger charge is 2.22. The zero-order valence-electron chi connectivity index (χ0n) is 13.8. The molecule has 3 rings (SSSR count). The van der Waals surface area contributed by atoms with Gasteiger partial charge < -0.3 is 15.4 Å². The molecule has 5 nitrogen and oxygen atoms in total. The largest absolute Gasteiger partial charge is 0.477 e. The number of nitrogens with zero attached hydrogens (tertiary/aromatic N) is 2. The van der Waals surface area contributed by atoms with Gasteiger partial charge in [0.2, 0.25) is 5.88 Å². The van der Waals surface area contributed by atoms with E-state index in [0.717, 1.165) is 36.5 Å². The Morgan fingerprint density at radius 2 is 2.04 bits per heavy atom. The van der Waals surface area contributed by atoms with Crippen molar-refractivity contribution < 1.29 is 4.74 Å². The van der Waals surface area contributed by atoms with E-state index in [9.17, 15) is 0 Å². The molecule has 2 saturated carbocycles. The van der Waals surface area contributed by atoms with Crippen molar-refractivity contribution >= 4 is 29.9 Å². The molecule has 6 heteroatoms. The first-order valence-corrected chi connectivity index (χ1v) is 8.38. The first-order valence-electron chi connectivity index (χ1n) is 8.38. The Labute approximate surface area is 155 Å². The van der Waals surface area contributed by atoms with Gasteiger partial charge in [0.15, 0.2) is 5.96 Å². The van der Waals surface area contributed by atoms with Crippen LogP contribution in [-0.2, 0) is 6.54 Å². The van der Waals surface area contributed by atoms with Gasteiger partial charge in [0.1, 0.15) is 0 Å². The van der Waals surface area contributed by atoms with Crippen LogP contribution in [0, 0.1) is 5.92 Å². The summed E-state index contributed by atoms with van der Waals surface area (Å²) in [7, 11) is 1.82. The van der Waals surface area contributed by atoms with Gasteiger partial charge in [-0.2, -0.15) is 0 Å². The SMILES string of the molecule is CN=C(NCc1ccc(OCC2CC2)nc1)NC1CCCC1.I. The third-order valence-corrected chi connectivity index (χ3v) is 4.34. The average molecular weight is 430 g/mol. The van der Waals surface area contributed by atoms with E-state index in [0.29, 0.717) is 6.04 Å². The van der Waals surface area contributed by atoms with E-state index in [-0.39, 0.29) is 24.0 Å². The van der Waals surface area contributed by atoms with E-state index in [1.807, 2.05) is 19.3 Å². The molecule has 0 amide bonds. The summed E-state index contributed by atoms with van der Waals surface area (Å²) in [5.74, 6) is 2.36. The molecule has 1 aromatic heterocycles. The first-order chi connectivity index (χ1) is 10.8. The number of aromatic nitrogens is 1. The molecule has 0 bridgehead atoms. The van der Waals surface area contributed by atoms with Crippen LogP contribution < -0.4 is 15.4 Å². The summed E-state index contributed by atoms with van der Waals surface area (Å²) in [6.45, 7) is 1.53. The summed E-state index contributed by atoms with van der Waals surface area (Å²) < 4.78 is 5.65. The van der Waals surface area contributed by atoms with E-state index in [1.54, 1.807) is 0 Å². The van der Waals surface area contributed by atoms with E-state index >= 15 is 0 Å². The van der Waals surface area contributed by atoms with Gasteiger partial charge in [0, 0.05) is 31.9 Å². The molecule has 0 radical (unpaired) electrons. The Kier molecular flexibility index (Phi) is 7.39. The second-order valence-corrected chi connectivity index (χ2v) is 6.31. The predicted octanol–water partition coefficient (Wildman–Crippen LogP) is 3.10. The molecule has 2 aliphatic carbocycles. The third-order valence-electron chi connectivity index (χ3n) is 4.34. The molecule has 2 N–H and O–H groups in total. The van der Waals surface area contributed by atoms with Gasteiger partial charge in [-0.1, -0.05) is 18.9 Å². The maximum Gasteiger partial charge on any atom is 0.213 e. The van der Waals surface area contributed by atoms with Crippen LogP contribution >= 0.6 is 24.0 Å². The zero-order chi connectivity index (χ0) is 15.2. The number of hydrogen-bond donors (Lipinski definition) is 2. The molecule has 0 aliphatic heterocycles. The predicted molar refractivity (Wildman–Crippen MR) is 103 cm³/mol. The Morgan fingerprint density at radius 1 is 1.26 bits per heavy atom. The van der Waals surface area contributed by atoms with Crippen molar-refractivity contribution in [1.29, 1.82) is 0 Å². The number of pyridine rings is 1. The maximum absolute atomic E-state index is 5.65. The van der Waals surface area contributed by atoms with Crippen molar-refractivity contribution in [2.75, 3.05) is 13.7 Å². The molecule has 0 unspecified atom stereocenters. The lowest BCUT2D eigenvalue weighted by Crippen LogP contribution is -2.41.